The molecule has 0 radical (unpaired) electrons. The summed E-state index contributed by atoms with van der Waals surface area (Å²) in [5, 5.41) is 18.7. The Hall–Kier alpha value is -4.24. The van der Waals surface area contributed by atoms with Gasteiger partial charge >= 0.3 is 11.9 Å². The molecule has 0 saturated carbocycles. The van der Waals surface area contributed by atoms with Crippen molar-refractivity contribution in [1.82, 2.24) is 34.1 Å². The van der Waals surface area contributed by atoms with Gasteiger partial charge in [-0.1, -0.05) is 11.6 Å². The Morgan fingerprint density at radius 2 is 1.93 bits per heavy atom. The van der Waals surface area contributed by atoms with Gasteiger partial charge in [0.25, 0.3) is 0 Å². The number of carbonyl (C=O) groups is 1. The van der Waals surface area contributed by atoms with Crippen molar-refractivity contribution in [2.24, 2.45) is 5.73 Å². The molecule has 1 aliphatic heterocycles. The minimum atomic E-state index is -4.94. The van der Waals surface area contributed by atoms with Crippen LogP contribution < -0.4 is 16.3 Å². The van der Waals surface area contributed by atoms with Crippen LogP contribution in [0.15, 0.2) is 53.7 Å². The summed E-state index contributed by atoms with van der Waals surface area (Å²) in [7, 11) is 0. The number of benzene rings is 1. The van der Waals surface area contributed by atoms with Crippen LogP contribution in [0.5, 0.6) is 0 Å². The highest BCUT2D eigenvalue weighted by molar-refractivity contribution is 6.30. The molecule has 4 heterocycles. The maximum absolute atomic E-state index is 13.1. The first-order chi connectivity index (χ1) is 19.0. The molecule has 0 aliphatic carbocycles. The molecule has 40 heavy (non-hydrogen) atoms. The highest BCUT2D eigenvalue weighted by Gasteiger charge is 2.39. The van der Waals surface area contributed by atoms with Gasteiger partial charge in [-0.15, -0.1) is 10.2 Å². The van der Waals surface area contributed by atoms with Crippen molar-refractivity contribution in [3.63, 3.8) is 0 Å². The molecule has 1 aromatic carbocycles. The number of nitrogens with two attached hydrogens (primary N) is 1. The Labute approximate surface area is 229 Å². The van der Waals surface area contributed by atoms with Crippen molar-refractivity contribution in [2.45, 2.75) is 44.3 Å². The number of amides is 1. The summed E-state index contributed by atoms with van der Waals surface area (Å²) in [6.45, 7) is -0.758. The van der Waals surface area contributed by atoms with Crippen LogP contribution in [0, 0.1) is 0 Å². The molecule has 1 aliphatic rings. The number of pyridine rings is 1. The van der Waals surface area contributed by atoms with Crippen molar-refractivity contribution in [1.29, 1.82) is 0 Å². The molecule has 16 heteroatoms. The number of hydrogen-bond acceptors (Lipinski definition) is 8. The molecule has 0 unspecified atom stereocenters. The van der Waals surface area contributed by atoms with Crippen molar-refractivity contribution >= 4 is 23.3 Å². The maximum atomic E-state index is 13.1. The normalized spacial score (nSPS) is 16.4. The van der Waals surface area contributed by atoms with Gasteiger partial charge in [0.1, 0.15) is 24.6 Å². The number of rotatable bonds is 8. The molecule has 1 amide bonds. The zero-order chi connectivity index (χ0) is 28.6. The molecule has 12 nitrogen and oxygen atoms in total. The van der Waals surface area contributed by atoms with Gasteiger partial charge in [0, 0.05) is 23.3 Å². The third-order valence-electron chi connectivity index (χ3n) is 6.46. The predicted octanol–water partition coefficient (Wildman–Crippen LogP) is 1.77. The van der Waals surface area contributed by atoms with Crippen LogP contribution in [0.1, 0.15) is 18.7 Å². The second-order valence-electron chi connectivity index (χ2n) is 9.14. The lowest BCUT2D eigenvalue weighted by molar-refractivity contribution is -0.207. The summed E-state index contributed by atoms with van der Waals surface area (Å²) in [5.41, 5.74) is 5.51. The average Bonchev–Trinajstić information content (AvgIpc) is 3.65. The monoisotopic (exact) mass is 577 g/mol. The fourth-order valence-electron chi connectivity index (χ4n) is 4.52. The quantitative estimate of drug-likeness (QED) is 0.322. The van der Waals surface area contributed by atoms with E-state index in [4.69, 9.17) is 17.3 Å². The van der Waals surface area contributed by atoms with Crippen LogP contribution >= 0.6 is 11.6 Å². The summed E-state index contributed by atoms with van der Waals surface area (Å²) < 4.78 is 42.4. The van der Waals surface area contributed by atoms with Crippen molar-refractivity contribution < 1.29 is 23.1 Å². The second-order valence-corrected chi connectivity index (χ2v) is 9.58. The van der Waals surface area contributed by atoms with Crippen molar-refractivity contribution in [2.75, 3.05) is 11.4 Å². The predicted molar refractivity (Wildman–Crippen MR) is 137 cm³/mol. The molecule has 210 valence electrons. The Morgan fingerprint density at radius 1 is 1.18 bits per heavy atom. The molecule has 5 rings (SSSR count). The number of primary amides is 1. The fraction of sp³-hybridized carbons (Fsp3) is 0.333. The third kappa shape index (κ3) is 5.42. The number of aliphatic hydroxyl groups is 1. The van der Waals surface area contributed by atoms with Gasteiger partial charge in [0.15, 0.2) is 23.6 Å². The summed E-state index contributed by atoms with van der Waals surface area (Å²) in [6, 6.07) is 8.91. The van der Waals surface area contributed by atoms with E-state index < -0.39 is 36.5 Å². The zero-order valence-corrected chi connectivity index (χ0v) is 21.5. The Balaban J connectivity index is 1.47. The van der Waals surface area contributed by atoms with E-state index in [9.17, 15) is 27.9 Å². The van der Waals surface area contributed by atoms with E-state index in [0.717, 1.165) is 15.7 Å². The number of carbonyl (C=O) groups excluding carboxylic acids is 1. The van der Waals surface area contributed by atoms with E-state index in [0.29, 0.717) is 35.1 Å². The minimum absolute atomic E-state index is 0.0922. The van der Waals surface area contributed by atoms with Crippen LogP contribution in [-0.4, -0.2) is 70.0 Å². The van der Waals surface area contributed by atoms with E-state index in [1.807, 2.05) is 0 Å². The Morgan fingerprint density at radius 3 is 2.62 bits per heavy atom. The lowest BCUT2D eigenvalue weighted by Crippen LogP contribution is -2.41. The van der Waals surface area contributed by atoms with Gasteiger partial charge in [-0.05, 0) is 49.2 Å². The number of aliphatic hydroxyl groups excluding tert-OH is 1. The van der Waals surface area contributed by atoms with Crippen LogP contribution in [0.25, 0.3) is 17.1 Å². The highest BCUT2D eigenvalue weighted by Crippen LogP contribution is 2.29. The highest BCUT2D eigenvalue weighted by atomic mass is 35.5. The summed E-state index contributed by atoms with van der Waals surface area (Å²) in [6.07, 6.45) is -3.41. The lowest BCUT2D eigenvalue weighted by Gasteiger charge is -2.25. The first kappa shape index (κ1) is 27.3. The van der Waals surface area contributed by atoms with Gasteiger partial charge in [0.05, 0.1) is 6.54 Å². The SMILES string of the molecule is NC(=O)[C@@H]1CCCN1c1ncccc1-n1cnc(Cn2nc(-c3ccc(Cl)cc3)n(C[C@H](O)C(F)(F)F)c2=O)n1. The number of nitrogens with zero attached hydrogens (tertiary/aromatic N) is 8. The fourth-order valence-corrected chi connectivity index (χ4v) is 4.65. The number of anilines is 1. The summed E-state index contributed by atoms with van der Waals surface area (Å²) >= 11 is 5.92. The topological polar surface area (TPSA) is 150 Å². The lowest BCUT2D eigenvalue weighted by atomic mass is 10.2. The van der Waals surface area contributed by atoms with Crippen LogP contribution in [0.3, 0.4) is 0 Å². The van der Waals surface area contributed by atoms with E-state index in [1.165, 1.54) is 35.3 Å². The second kappa shape index (κ2) is 10.7. The van der Waals surface area contributed by atoms with Crippen molar-refractivity contribution in [3.05, 3.63) is 70.3 Å². The largest absolute Gasteiger partial charge is 0.416 e. The van der Waals surface area contributed by atoms with E-state index in [1.54, 1.807) is 23.2 Å². The van der Waals surface area contributed by atoms with E-state index in [-0.39, 0.29) is 18.2 Å². The zero-order valence-electron chi connectivity index (χ0n) is 20.7. The summed E-state index contributed by atoms with van der Waals surface area (Å²) in [5.74, 6) is 0.0576. The van der Waals surface area contributed by atoms with Gasteiger partial charge in [-0.25, -0.2) is 24.1 Å². The molecule has 0 bridgehead atoms. The van der Waals surface area contributed by atoms with E-state index >= 15 is 0 Å². The molecule has 3 aromatic heterocycles. The molecule has 1 fully saturated rings. The first-order valence-corrected chi connectivity index (χ1v) is 12.5. The Bertz CT molecular complexity index is 1580. The first-order valence-electron chi connectivity index (χ1n) is 12.1. The number of hydrogen-bond donors (Lipinski definition) is 2. The minimum Gasteiger partial charge on any atom is -0.382 e. The molecule has 1 saturated heterocycles. The molecule has 3 N–H and O–H groups in total. The van der Waals surface area contributed by atoms with Crippen LogP contribution in [0.4, 0.5) is 19.0 Å². The molecular formula is C24H23ClF3N9O3. The van der Waals surface area contributed by atoms with Crippen molar-refractivity contribution in [3.8, 4) is 17.1 Å². The number of alkyl halides is 3. The molecule has 4 aromatic rings. The van der Waals surface area contributed by atoms with Crippen LogP contribution in [-0.2, 0) is 17.9 Å². The summed E-state index contributed by atoms with van der Waals surface area (Å²) in [4.78, 5) is 35.5. The van der Waals surface area contributed by atoms with Gasteiger partial charge in [-0.3, -0.25) is 9.36 Å². The Kier molecular flexibility index (Phi) is 7.33. The molecule has 2 atom stereocenters. The standard InChI is InChI=1S/C24H23ClF3N9O3/c25-15-7-5-14(6-8-15)21-33-36(23(40)35(21)11-18(38)24(26,27)28)12-19-31-13-37(32-19)17-3-1-9-30-22(17)34-10-2-4-16(34)20(29)39/h1,3,5-9,13,16,18,38H,2,4,10-12H2,(H2,29,39)/t16-,18-/m0/s1. The average molecular weight is 578 g/mol. The van der Waals surface area contributed by atoms with Gasteiger partial charge in [-0.2, -0.15) is 13.2 Å². The third-order valence-corrected chi connectivity index (χ3v) is 6.71. The molecule has 0 spiro atoms. The van der Waals surface area contributed by atoms with Gasteiger partial charge < -0.3 is 15.7 Å². The van der Waals surface area contributed by atoms with Crippen LogP contribution in [0.2, 0.25) is 5.02 Å². The number of aromatic nitrogens is 7. The maximum Gasteiger partial charge on any atom is 0.416 e. The van der Waals surface area contributed by atoms with Gasteiger partial charge in [0.2, 0.25) is 5.91 Å². The number of halogens is 4. The smallest absolute Gasteiger partial charge is 0.382 e. The van der Waals surface area contributed by atoms with E-state index in [2.05, 4.69) is 20.2 Å². The molecular weight excluding hydrogens is 555 g/mol.